The van der Waals surface area contributed by atoms with Crippen molar-refractivity contribution < 1.29 is 17.9 Å². The molecule has 1 atom stereocenters. The zero-order valence-electron chi connectivity index (χ0n) is 9.22. The van der Waals surface area contributed by atoms with E-state index in [1.165, 1.54) is 18.2 Å². The number of aliphatic hydroxyl groups is 1. The summed E-state index contributed by atoms with van der Waals surface area (Å²) in [6, 6.07) is 5.18. The largest absolute Gasteiger partial charge is 0.392 e. The fraction of sp³-hybridized carbons (Fsp3) is 0.455. The molecule has 1 aromatic carbocycles. The first-order chi connectivity index (χ1) is 7.34. The SMILES string of the molecule is CC(C)C(O)CS(=O)(=O)c1ccccc1F. The highest BCUT2D eigenvalue weighted by Gasteiger charge is 2.24. The van der Waals surface area contributed by atoms with Gasteiger partial charge in [0.05, 0.1) is 11.9 Å². The Labute approximate surface area is 94.8 Å². The van der Waals surface area contributed by atoms with E-state index in [2.05, 4.69) is 0 Å². The van der Waals surface area contributed by atoms with Crippen molar-refractivity contribution in [2.24, 2.45) is 5.92 Å². The number of aliphatic hydroxyl groups excluding tert-OH is 1. The summed E-state index contributed by atoms with van der Waals surface area (Å²) in [5.74, 6) is -1.41. The summed E-state index contributed by atoms with van der Waals surface area (Å²) in [5, 5.41) is 9.51. The fourth-order valence-electron chi connectivity index (χ4n) is 1.20. The zero-order chi connectivity index (χ0) is 12.3. The van der Waals surface area contributed by atoms with Crippen LogP contribution in [0.2, 0.25) is 0 Å². The molecule has 0 aliphatic heterocycles. The molecule has 0 spiro atoms. The maximum atomic E-state index is 13.3. The lowest BCUT2D eigenvalue weighted by Crippen LogP contribution is -2.26. The molecule has 0 amide bonds. The van der Waals surface area contributed by atoms with E-state index in [9.17, 15) is 17.9 Å². The third-order valence-electron chi connectivity index (χ3n) is 2.33. The second-order valence-corrected chi connectivity index (χ2v) is 6.03. The quantitative estimate of drug-likeness (QED) is 0.878. The van der Waals surface area contributed by atoms with Crippen molar-refractivity contribution in [3.05, 3.63) is 30.1 Å². The van der Waals surface area contributed by atoms with Crippen LogP contribution in [0.15, 0.2) is 29.2 Å². The van der Waals surface area contributed by atoms with Crippen molar-refractivity contribution in [1.29, 1.82) is 0 Å². The van der Waals surface area contributed by atoms with Gasteiger partial charge in [-0.2, -0.15) is 0 Å². The predicted octanol–water partition coefficient (Wildman–Crippen LogP) is 1.62. The van der Waals surface area contributed by atoms with Crippen LogP contribution in [0.5, 0.6) is 0 Å². The minimum Gasteiger partial charge on any atom is -0.392 e. The van der Waals surface area contributed by atoms with E-state index in [1.54, 1.807) is 13.8 Å². The van der Waals surface area contributed by atoms with Gasteiger partial charge in [0.2, 0.25) is 0 Å². The molecule has 1 N–H and O–H groups in total. The predicted molar refractivity (Wildman–Crippen MR) is 59.3 cm³/mol. The zero-order valence-corrected chi connectivity index (χ0v) is 10.0. The van der Waals surface area contributed by atoms with Gasteiger partial charge in [-0.3, -0.25) is 0 Å². The highest BCUT2D eigenvalue weighted by molar-refractivity contribution is 7.91. The summed E-state index contributed by atoms with van der Waals surface area (Å²) in [7, 11) is -3.76. The molecule has 0 aliphatic rings. The topological polar surface area (TPSA) is 54.4 Å². The highest BCUT2D eigenvalue weighted by atomic mass is 32.2. The van der Waals surface area contributed by atoms with Crippen LogP contribution >= 0.6 is 0 Å². The van der Waals surface area contributed by atoms with Gasteiger partial charge in [0.25, 0.3) is 0 Å². The molecule has 0 saturated heterocycles. The number of hydrogen-bond donors (Lipinski definition) is 1. The second kappa shape index (κ2) is 4.93. The van der Waals surface area contributed by atoms with Crippen LogP contribution in [-0.4, -0.2) is 25.4 Å². The number of benzene rings is 1. The molecular weight excluding hydrogens is 231 g/mol. The average molecular weight is 246 g/mol. The number of rotatable bonds is 4. The van der Waals surface area contributed by atoms with Crippen LogP contribution in [0.1, 0.15) is 13.8 Å². The van der Waals surface area contributed by atoms with Crippen molar-refractivity contribution in [2.45, 2.75) is 24.8 Å². The van der Waals surface area contributed by atoms with Crippen LogP contribution in [-0.2, 0) is 9.84 Å². The maximum absolute atomic E-state index is 13.3. The van der Waals surface area contributed by atoms with E-state index in [4.69, 9.17) is 0 Å². The van der Waals surface area contributed by atoms with E-state index >= 15 is 0 Å². The Hall–Kier alpha value is -0.940. The minimum absolute atomic E-state index is 0.179. The Kier molecular flexibility index (Phi) is 4.04. The van der Waals surface area contributed by atoms with E-state index in [0.29, 0.717) is 0 Å². The summed E-state index contributed by atoms with van der Waals surface area (Å²) in [6.45, 7) is 3.42. The first-order valence-electron chi connectivity index (χ1n) is 5.00. The molecular formula is C11H15FO3S. The molecule has 1 aromatic rings. The van der Waals surface area contributed by atoms with E-state index in [1.807, 2.05) is 0 Å². The lowest BCUT2D eigenvalue weighted by molar-refractivity contribution is 0.147. The van der Waals surface area contributed by atoms with Gasteiger partial charge in [0.15, 0.2) is 9.84 Å². The van der Waals surface area contributed by atoms with Crippen LogP contribution < -0.4 is 0 Å². The Morgan fingerprint density at radius 3 is 2.38 bits per heavy atom. The molecule has 5 heteroatoms. The molecule has 0 fully saturated rings. The number of halogens is 1. The van der Waals surface area contributed by atoms with Gasteiger partial charge in [-0.1, -0.05) is 26.0 Å². The maximum Gasteiger partial charge on any atom is 0.183 e. The summed E-state index contributed by atoms with van der Waals surface area (Å²) < 4.78 is 36.8. The Bertz CT molecular complexity index is 454. The molecule has 0 radical (unpaired) electrons. The summed E-state index contributed by atoms with van der Waals surface area (Å²) in [4.78, 5) is -0.352. The molecule has 0 saturated carbocycles. The van der Waals surface area contributed by atoms with Gasteiger partial charge in [-0.25, -0.2) is 12.8 Å². The highest BCUT2D eigenvalue weighted by Crippen LogP contribution is 2.17. The fourth-order valence-corrected chi connectivity index (χ4v) is 2.87. The van der Waals surface area contributed by atoms with E-state index < -0.39 is 27.5 Å². The van der Waals surface area contributed by atoms with Gasteiger partial charge >= 0.3 is 0 Å². The van der Waals surface area contributed by atoms with E-state index in [-0.39, 0.29) is 10.8 Å². The third kappa shape index (κ3) is 3.02. The molecule has 1 rings (SSSR count). The van der Waals surface area contributed by atoms with Crippen molar-refractivity contribution >= 4 is 9.84 Å². The molecule has 0 heterocycles. The molecule has 16 heavy (non-hydrogen) atoms. The number of sulfone groups is 1. The minimum atomic E-state index is -3.76. The molecule has 0 aliphatic carbocycles. The van der Waals surface area contributed by atoms with Gasteiger partial charge in [-0.15, -0.1) is 0 Å². The average Bonchev–Trinajstić information content (AvgIpc) is 2.17. The van der Waals surface area contributed by atoms with Crippen molar-refractivity contribution in [3.63, 3.8) is 0 Å². The Morgan fingerprint density at radius 1 is 1.31 bits per heavy atom. The molecule has 0 aromatic heterocycles. The van der Waals surface area contributed by atoms with Gasteiger partial charge < -0.3 is 5.11 Å². The lowest BCUT2D eigenvalue weighted by Gasteiger charge is -2.14. The van der Waals surface area contributed by atoms with E-state index in [0.717, 1.165) is 6.07 Å². The Balaban J connectivity index is 3.00. The van der Waals surface area contributed by atoms with Gasteiger partial charge in [0, 0.05) is 0 Å². The van der Waals surface area contributed by atoms with Crippen LogP contribution in [0.25, 0.3) is 0 Å². The van der Waals surface area contributed by atoms with Crippen LogP contribution in [0, 0.1) is 11.7 Å². The van der Waals surface area contributed by atoms with Gasteiger partial charge in [-0.05, 0) is 18.1 Å². The molecule has 0 bridgehead atoms. The second-order valence-electron chi connectivity index (χ2n) is 4.02. The first kappa shape index (κ1) is 13.1. The van der Waals surface area contributed by atoms with Gasteiger partial charge in [0.1, 0.15) is 10.7 Å². The van der Waals surface area contributed by atoms with Crippen molar-refractivity contribution in [2.75, 3.05) is 5.75 Å². The molecule has 1 unspecified atom stereocenters. The van der Waals surface area contributed by atoms with Crippen molar-refractivity contribution in [1.82, 2.24) is 0 Å². The lowest BCUT2D eigenvalue weighted by atomic mass is 10.1. The molecule has 90 valence electrons. The monoisotopic (exact) mass is 246 g/mol. The van der Waals surface area contributed by atoms with Crippen LogP contribution in [0.3, 0.4) is 0 Å². The Morgan fingerprint density at radius 2 is 1.88 bits per heavy atom. The van der Waals surface area contributed by atoms with Crippen LogP contribution in [0.4, 0.5) is 4.39 Å². The summed E-state index contributed by atoms with van der Waals surface area (Å²) >= 11 is 0. The summed E-state index contributed by atoms with van der Waals surface area (Å²) in [5.41, 5.74) is 0. The third-order valence-corrected chi connectivity index (χ3v) is 4.11. The normalized spacial score (nSPS) is 14.1. The van der Waals surface area contributed by atoms with Crippen molar-refractivity contribution in [3.8, 4) is 0 Å². The smallest absolute Gasteiger partial charge is 0.183 e. The standard InChI is InChI=1S/C11H15FO3S/c1-8(2)10(13)7-16(14,15)11-6-4-3-5-9(11)12/h3-6,8,10,13H,7H2,1-2H3. The molecule has 3 nitrogen and oxygen atoms in total. The summed E-state index contributed by atoms with van der Waals surface area (Å²) in [6.07, 6.45) is -0.982. The first-order valence-corrected chi connectivity index (χ1v) is 6.65. The number of hydrogen-bond acceptors (Lipinski definition) is 3.